The largest absolute Gasteiger partial charge is 0.357 e. The summed E-state index contributed by atoms with van der Waals surface area (Å²) in [6.07, 6.45) is 6.42. The summed E-state index contributed by atoms with van der Waals surface area (Å²) in [5.74, 6) is 1.48. The molecule has 0 bridgehead atoms. The van der Waals surface area contributed by atoms with E-state index in [4.69, 9.17) is 0 Å². The van der Waals surface area contributed by atoms with Crippen LogP contribution >= 0.6 is 24.0 Å². The van der Waals surface area contributed by atoms with Gasteiger partial charge in [-0.15, -0.1) is 24.0 Å². The molecule has 1 aliphatic carbocycles. The second kappa shape index (κ2) is 10.7. The number of nitrogens with zero attached hydrogens (tertiary/aromatic N) is 2. The van der Waals surface area contributed by atoms with Crippen LogP contribution in [0.5, 0.6) is 0 Å². The molecule has 2 aliphatic rings. The molecule has 0 spiro atoms. The third kappa shape index (κ3) is 8.02. The molecule has 2 fully saturated rings. The summed E-state index contributed by atoms with van der Waals surface area (Å²) in [5.41, 5.74) is 0. The first-order chi connectivity index (χ1) is 10.6. The Kier molecular flexibility index (Phi) is 9.76. The average Bonchev–Trinajstić information content (AvgIpc) is 2.50. The highest BCUT2D eigenvalue weighted by atomic mass is 127. The van der Waals surface area contributed by atoms with Crippen molar-refractivity contribution in [3.05, 3.63) is 0 Å². The van der Waals surface area contributed by atoms with Crippen LogP contribution in [-0.4, -0.2) is 69.5 Å². The molecule has 0 aromatic carbocycles. The van der Waals surface area contributed by atoms with E-state index in [9.17, 15) is 8.42 Å². The molecule has 1 aliphatic heterocycles. The van der Waals surface area contributed by atoms with Crippen molar-refractivity contribution < 1.29 is 8.42 Å². The normalized spacial score (nSPS) is 23.1. The van der Waals surface area contributed by atoms with Gasteiger partial charge in [-0.1, -0.05) is 19.3 Å². The fourth-order valence-corrected chi connectivity index (χ4v) is 4.31. The highest BCUT2D eigenvalue weighted by molar-refractivity contribution is 14.0. The lowest BCUT2D eigenvalue weighted by Gasteiger charge is -2.26. The summed E-state index contributed by atoms with van der Waals surface area (Å²) >= 11 is 0. The van der Waals surface area contributed by atoms with Gasteiger partial charge in [0.05, 0.1) is 18.1 Å². The molecular formula is C15H31IN4O2S. The molecule has 0 aromatic heterocycles. The van der Waals surface area contributed by atoms with Gasteiger partial charge in [-0.25, -0.2) is 8.42 Å². The molecule has 0 aromatic rings. The topological polar surface area (TPSA) is 73.8 Å². The Morgan fingerprint density at radius 2 is 1.83 bits per heavy atom. The van der Waals surface area contributed by atoms with Crippen molar-refractivity contribution in [1.29, 1.82) is 0 Å². The number of nitrogens with one attached hydrogen (secondary N) is 2. The van der Waals surface area contributed by atoms with Gasteiger partial charge in [0.25, 0.3) is 0 Å². The van der Waals surface area contributed by atoms with Crippen molar-refractivity contribution >= 4 is 39.8 Å². The molecule has 136 valence electrons. The maximum atomic E-state index is 11.4. The maximum absolute atomic E-state index is 11.4. The molecule has 8 heteroatoms. The van der Waals surface area contributed by atoms with Crippen LogP contribution < -0.4 is 10.6 Å². The lowest BCUT2D eigenvalue weighted by molar-refractivity contribution is 0.304. The first-order valence-electron chi connectivity index (χ1n) is 8.57. The van der Waals surface area contributed by atoms with Gasteiger partial charge in [-0.2, -0.15) is 0 Å². The highest BCUT2D eigenvalue weighted by Crippen LogP contribution is 2.17. The molecule has 0 unspecified atom stereocenters. The van der Waals surface area contributed by atoms with Crippen molar-refractivity contribution in [2.45, 2.75) is 45.1 Å². The van der Waals surface area contributed by atoms with Gasteiger partial charge in [0.15, 0.2) is 15.8 Å². The Balaban J connectivity index is 0.00000264. The molecule has 2 N–H and O–H groups in total. The predicted octanol–water partition coefficient (Wildman–Crippen LogP) is 1.22. The van der Waals surface area contributed by atoms with E-state index < -0.39 is 9.84 Å². The standard InChI is InChI=1S/C15H30N4O2S.HI/c1-2-16-15(18-14-6-4-3-5-7-14)17-8-9-19-10-12-22(20,21)13-11-19;/h14H,2-13H2,1H3,(H2,16,17,18);1H. The van der Waals surface area contributed by atoms with Crippen LogP contribution in [0, 0.1) is 0 Å². The van der Waals surface area contributed by atoms with Crippen molar-refractivity contribution in [2.24, 2.45) is 4.99 Å². The van der Waals surface area contributed by atoms with Crippen LogP contribution in [0.1, 0.15) is 39.0 Å². The summed E-state index contributed by atoms with van der Waals surface area (Å²) in [6, 6.07) is 0.548. The first-order valence-corrected chi connectivity index (χ1v) is 10.4. The third-order valence-corrected chi connectivity index (χ3v) is 6.02. The molecule has 0 atom stereocenters. The number of aliphatic imine (C=N–C) groups is 1. The number of halogens is 1. The Hall–Kier alpha value is -0.0900. The monoisotopic (exact) mass is 458 g/mol. The summed E-state index contributed by atoms with van der Waals surface area (Å²) in [6.45, 7) is 5.77. The van der Waals surface area contributed by atoms with E-state index in [0.29, 0.717) is 25.7 Å². The molecule has 1 saturated heterocycles. The lowest BCUT2D eigenvalue weighted by Crippen LogP contribution is -2.45. The van der Waals surface area contributed by atoms with Gasteiger partial charge in [0.1, 0.15) is 0 Å². The first kappa shape index (κ1) is 21.0. The summed E-state index contributed by atoms with van der Waals surface area (Å²) in [5, 5.41) is 6.84. The minimum absolute atomic E-state index is 0. The number of guanidine groups is 1. The van der Waals surface area contributed by atoms with E-state index in [1.807, 2.05) is 0 Å². The SMILES string of the molecule is CCNC(=NCCN1CCS(=O)(=O)CC1)NC1CCCCC1.I. The fourth-order valence-electron chi connectivity index (χ4n) is 3.04. The molecule has 0 radical (unpaired) electrons. The average molecular weight is 458 g/mol. The Morgan fingerprint density at radius 1 is 1.17 bits per heavy atom. The minimum atomic E-state index is -2.79. The van der Waals surface area contributed by atoms with Gasteiger partial charge in [-0.05, 0) is 19.8 Å². The van der Waals surface area contributed by atoms with Gasteiger partial charge >= 0.3 is 0 Å². The molecular weight excluding hydrogens is 427 g/mol. The zero-order chi connectivity index (χ0) is 15.8. The number of hydrogen-bond donors (Lipinski definition) is 2. The zero-order valence-electron chi connectivity index (χ0n) is 14.1. The van der Waals surface area contributed by atoms with Crippen molar-refractivity contribution in [2.75, 3.05) is 44.2 Å². The molecule has 6 nitrogen and oxygen atoms in total. The molecule has 2 rings (SSSR count). The second-order valence-corrected chi connectivity index (χ2v) is 8.54. The van der Waals surface area contributed by atoms with E-state index in [0.717, 1.165) is 19.0 Å². The van der Waals surface area contributed by atoms with Crippen LogP contribution in [0.25, 0.3) is 0 Å². The summed E-state index contributed by atoms with van der Waals surface area (Å²) < 4.78 is 22.8. The van der Waals surface area contributed by atoms with Crippen LogP contribution in [-0.2, 0) is 9.84 Å². The molecule has 1 saturated carbocycles. The highest BCUT2D eigenvalue weighted by Gasteiger charge is 2.21. The van der Waals surface area contributed by atoms with Crippen molar-refractivity contribution in [3.63, 3.8) is 0 Å². The number of hydrogen-bond acceptors (Lipinski definition) is 4. The van der Waals surface area contributed by atoms with Crippen molar-refractivity contribution in [1.82, 2.24) is 15.5 Å². The van der Waals surface area contributed by atoms with Crippen molar-refractivity contribution in [3.8, 4) is 0 Å². The Bertz CT molecular complexity index is 450. The summed E-state index contributed by atoms with van der Waals surface area (Å²) in [7, 11) is -2.79. The van der Waals surface area contributed by atoms with E-state index in [1.165, 1.54) is 32.1 Å². The predicted molar refractivity (Wildman–Crippen MR) is 106 cm³/mol. The molecule has 0 amide bonds. The zero-order valence-corrected chi connectivity index (χ0v) is 17.2. The fraction of sp³-hybridized carbons (Fsp3) is 0.933. The van der Waals surface area contributed by atoms with Gasteiger partial charge in [0.2, 0.25) is 0 Å². The van der Waals surface area contributed by atoms with Gasteiger partial charge < -0.3 is 10.6 Å². The van der Waals surface area contributed by atoms with Gasteiger partial charge in [0, 0.05) is 32.2 Å². The number of sulfone groups is 1. The molecule has 23 heavy (non-hydrogen) atoms. The minimum Gasteiger partial charge on any atom is -0.357 e. The second-order valence-electron chi connectivity index (χ2n) is 6.23. The smallest absolute Gasteiger partial charge is 0.191 e. The van der Waals surface area contributed by atoms with Crippen LogP contribution in [0.4, 0.5) is 0 Å². The van der Waals surface area contributed by atoms with E-state index in [2.05, 4.69) is 27.4 Å². The third-order valence-electron chi connectivity index (χ3n) is 4.41. The quantitative estimate of drug-likeness (QED) is 0.368. The van der Waals surface area contributed by atoms with Crippen LogP contribution in [0.3, 0.4) is 0 Å². The Morgan fingerprint density at radius 3 is 2.43 bits per heavy atom. The van der Waals surface area contributed by atoms with E-state index in [-0.39, 0.29) is 35.5 Å². The van der Waals surface area contributed by atoms with E-state index >= 15 is 0 Å². The van der Waals surface area contributed by atoms with E-state index in [1.54, 1.807) is 0 Å². The van der Waals surface area contributed by atoms with Crippen LogP contribution in [0.15, 0.2) is 4.99 Å². The molecule has 1 heterocycles. The lowest BCUT2D eigenvalue weighted by atomic mass is 9.96. The summed E-state index contributed by atoms with van der Waals surface area (Å²) in [4.78, 5) is 6.83. The number of rotatable bonds is 5. The van der Waals surface area contributed by atoms with Crippen LogP contribution in [0.2, 0.25) is 0 Å². The maximum Gasteiger partial charge on any atom is 0.191 e. The Labute approximate surface area is 157 Å². The van der Waals surface area contributed by atoms with Gasteiger partial charge in [-0.3, -0.25) is 9.89 Å².